The standard InChI is InChI=1S/C20H21NO4/c1-13-9-17(25-12-20(23)24)7-8-18(13)21-19(22)11-14-5-6-15-3-2-4-16(15)10-14/h5-10H,2-4,11-12H2,1H3,(H,21,22)(H,23,24). The molecule has 2 N–H and O–H groups in total. The Kier molecular flexibility index (Phi) is 5.03. The Labute approximate surface area is 146 Å². The highest BCUT2D eigenvalue weighted by molar-refractivity contribution is 5.93. The second-order valence-corrected chi connectivity index (χ2v) is 6.34. The van der Waals surface area contributed by atoms with Crippen molar-refractivity contribution in [3.05, 3.63) is 58.7 Å². The molecule has 3 rings (SSSR count). The van der Waals surface area contributed by atoms with Crippen LogP contribution in [0.3, 0.4) is 0 Å². The molecule has 130 valence electrons. The molecular weight excluding hydrogens is 318 g/mol. The lowest BCUT2D eigenvalue weighted by molar-refractivity contribution is -0.139. The number of ether oxygens (including phenoxy) is 1. The summed E-state index contributed by atoms with van der Waals surface area (Å²) >= 11 is 0. The average Bonchev–Trinajstić information content (AvgIpc) is 3.03. The van der Waals surface area contributed by atoms with Crippen LogP contribution in [0.1, 0.15) is 28.7 Å². The molecule has 1 aliphatic carbocycles. The number of carbonyl (C=O) groups is 2. The van der Waals surface area contributed by atoms with Gasteiger partial charge in [0.2, 0.25) is 5.91 Å². The van der Waals surface area contributed by atoms with Gasteiger partial charge in [0, 0.05) is 5.69 Å². The summed E-state index contributed by atoms with van der Waals surface area (Å²) in [5, 5.41) is 11.5. The third kappa shape index (κ3) is 4.38. The number of benzene rings is 2. The molecule has 1 aliphatic rings. The third-order valence-corrected chi connectivity index (χ3v) is 4.36. The lowest BCUT2D eigenvalue weighted by Crippen LogP contribution is -2.15. The van der Waals surface area contributed by atoms with Crippen molar-refractivity contribution >= 4 is 17.6 Å². The summed E-state index contributed by atoms with van der Waals surface area (Å²) in [6.07, 6.45) is 3.77. The van der Waals surface area contributed by atoms with Crippen molar-refractivity contribution in [3.8, 4) is 5.75 Å². The number of carboxylic acid groups (broad SMARTS) is 1. The first-order valence-corrected chi connectivity index (χ1v) is 8.37. The predicted octanol–water partition coefficient (Wildman–Crippen LogP) is 3.13. The van der Waals surface area contributed by atoms with Gasteiger partial charge in [0.1, 0.15) is 5.75 Å². The Balaban J connectivity index is 1.61. The molecule has 0 spiro atoms. The Hall–Kier alpha value is -2.82. The third-order valence-electron chi connectivity index (χ3n) is 4.36. The molecule has 25 heavy (non-hydrogen) atoms. The van der Waals surface area contributed by atoms with Crippen LogP contribution in [0.15, 0.2) is 36.4 Å². The number of anilines is 1. The van der Waals surface area contributed by atoms with Crippen LogP contribution in [-0.2, 0) is 28.9 Å². The van der Waals surface area contributed by atoms with Gasteiger partial charge in [-0.05, 0) is 66.6 Å². The number of hydrogen-bond donors (Lipinski definition) is 2. The van der Waals surface area contributed by atoms with Gasteiger partial charge in [0.05, 0.1) is 6.42 Å². The van der Waals surface area contributed by atoms with E-state index in [1.807, 2.05) is 13.0 Å². The van der Waals surface area contributed by atoms with Crippen LogP contribution >= 0.6 is 0 Å². The molecule has 5 nitrogen and oxygen atoms in total. The molecule has 0 fully saturated rings. The van der Waals surface area contributed by atoms with Crippen molar-refractivity contribution in [2.45, 2.75) is 32.6 Å². The highest BCUT2D eigenvalue weighted by Gasteiger charge is 2.13. The number of hydrogen-bond acceptors (Lipinski definition) is 3. The summed E-state index contributed by atoms with van der Waals surface area (Å²) in [6.45, 7) is 1.46. The summed E-state index contributed by atoms with van der Waals surface area (Å²) in [7, 11) is 0. The molecule has 0 saturated carbocycles. The first kappa shape index (κ1) is 17.0. The number of fused-ring (bicyclic) bond motifs is 1. The number of rotatable bonds is 6. The summed E-state index contributed by atoms with van der Waals surface area (Å²) < 4.78 is 5.13. The van der Waals surface area contributed by atoms with E-state index < -0.39 is 5.97 Å². The van der Waals surface area contributed by atoms with Gasteiger partial charge in [-0.1, -0.05) is 18.2 Å². The molecule has 2 aromatic rings. The average molecular weight is 339 g/mol. The maximum Gasteiger partial charge on any atom is 0.341 e. The fourth-order valence-electron chi connectivity index (χ4n) is 3.13. The Bertz CT molecular complexity index is 813. The van der Waals surface area contributed by atoms with Crippen molar-refractivity contribution in [3.63, 3.8) is 0 Å². The van der Waals surface area contributed by atoms with E-state index in [0.29, 0.717) is 17.9 Å². The molecule has 5 heteroatoms. The van der Waals surface area contributed by atoms with Crippen molar-refractivity contribution in [1.82, 2.24) is 0 Å². The van der Waals surface area contributed by atoms with Gasteiger partial charge in [-0.15, -0.1) is 0 Å². The normalized spacial score (nSPS) is 12.5. The smallest absolute Gasteiger partial charge is 0.341 e. The molecule has 0 aliphatic heterocycles. The summed E-state index contributed by atoms with van der Waals surface area (Å²) in [4.78, 5) is 22.8. The zero-order valence-corrected chi connectivity index (χ0v) is 14.2. The molecule has 0 bridgehead atoms. The van der Waals surface area contributed by atoms with E-state index in [2.05, 4.69) is 17.4 Å². The highest BCUT2D eigenvalue weighted by atomic mass is 16.5. The Morgan fingerprint density at radius 2 is 1.92 bits per heavy atom. The van der Waals surface area contributed by atoms with Crippen LogP contribution in [0.5, 0.6) is 5.75 Å². The number of carbonyl (C=O) groups excluding carboxylic acids is 1. The maximum atomic E-state index is 12.3. The quantitative estimate of drug-likeness (QED) is 0.848. The second kappa shape index (κ2) is 7.38. The lowest BCUT2D eigenvalue weighted by Gasteiger charge is -2.11. The van der Waals surface area contributed by atoms with E-state index in [4.69, 9.17) is 9.84 Å². The molecule has 0 unspecified atom stereocenters. The summed E-state index contributed by atoms with van der Waals surface area (Å²) in [6, 6.07) is 11.4. The van der Waals surface area contributed by atoms with E-state index in [1.165, 1.54) is 17.5 Å². The first-order valence-electron chi connectivity index (χ1n) is 8.37. The zero-order valence-electron chi connectivity index (χ0n) is 14.2. The minimum absolute atomic E-state index is 0.0692. The fourth-order valence-corrected chi connectivity index (χ4v) is 3.13. The van der Waals surface area contributed by atoms with Crippen LogP contribution in [0.4, 0.5) is 5.69 Å². The number of nitrogens with one attached hydrogen (secondary N) is 1. The second-order valence-electron chi connectivity index (χ2n) is 6.34. The monoisotopic (exact) mass is 339 g/mol. The van der Waals surface area contributed by atoms with Crippen LogP contribution in [0.2, 0.25) is 0 Å². The van der Waals surface area contributed by atoms with Gasteiger partial charge >= 0.3 is 5.97 Å². The Morgan fingerprint density at radius 3 is 2.68 bits per heavy atom. The molecule has 0 atom stereocenters. The van der Waals surface area contributed by atoms with Crippen molar-refractivity contribution < 1.29 is 19.4 Å². The van der Waals surface area contributed by atoms with E-state index >= 15 is 0 Å². The summed E-state index contributed by atoms with van der Waals surface area (Å²) in [5.74, 6) is -0.624. The lowest BCUT2D eigenvalue weighted by atomic mass is 10.0. The van der Waals surface area contributed by atoms with E-state index in [0.717, 1.165) is 24.0 Å². The minimum Gasteiger partial charge on any atom is -0.482 e. The van der Waals surface area contributed by atoms with Crippen molar-refractivity contribution in [2.75, 3.05) is 11.9 Å². The van der Waals surface area contributed by atoms with Gasteiger partial charge in [0.25, 0.3) is 0 Å². The number of aryl methyl sites for hydroxylation is 3. The Morgan fingerprint density at radius 1 is 1.12 bits per heavy atom. The van der Waals surface area contributed by atoms with Crippen LogP contribution in [0, 0.1) is 6.92 Å². The zero-order chi connectivity index (χ0) is 17.8. The molecule has 0 aromatic heterocycles. The topological polar surface area (TPSA) is 75.6 Å². The molecule has 2 aromatic carbocycles. The predicted molar refractivity (Wildman–Crippen MR) is 95.1 cm³/mol. The van der Waals surface area contributed by atoms with E-state index in [-0.39, 0.29) is 12.5 Å². The van der Waals surface area contributed by atoms with Gasteiger partial charge < -0.3 is 15.2 Å². The maximum absolute atomic E-state index is 12.3. The van der Waals surface area contributed by atoms with Crippen molar-refractivity contribution in [2.24, 2.45) is 0 Å². The number of carboxylic acids is 1. The summed E-state index contributed by atoms with van der Waals surface area (Å²) in [5.41, 5.74) is 5.31. The van der Waals surface area contributed by atoms with Crippen LogP contribution < -0.4 is 10.1 Å². The largest absolute Gasteiger partial charge is 0.482 e. The number of amides is 1. The molecule has 0 radical (unpaired) electrons. The fraction of sp³-hybridized carbons (Fsp3) is 0.300. The van der Waals surface area contributed by atoms with Gasteiger partial charge in [0.15, 0.2) is 6.61 Å². The van der Waals surface area contributed by atoms with Gasteiger partial charge in [-0.3, -0.25) is 4.79 Å². The molecule has 1 amide bonds. The van der Waals surface area contributed by atoms with Crippen molar-refractivity contribution in [1.29, 1.82) is 0 Å². The van der Waals surface area contributed by atoms with Gasteiger partial charge in [-0.2, -0.15) is 0 Å². The SMILES string of the molecule is Cc1cc(OCC(=O)O)ccc1NC(=O)Cc1ccc2c(c1)CCC2. The minimum atomic E-state index is -1.02. The molecule has 0 saturated heterocycles. The molecular formula is C20H21NO4. The molecule has 0 heterocycles. The van der Waals surface area contributed by atoms with Crippen LogP contribution in [0.25, 0.3) is 0 Å². The van der Waals surface area contributed by atoms with E-state index in [9.17, 15) is 9.59 Å². The highest BCUT2D eigenvalue weighted by Crippen LogP contribution is 2.24. The van der Waals surface area contributed by atoms with Gasteiger partial charge in [-0.25, -0.2) is 4.79 Å². The first-order chi connectivity index (χ1) is 12.0. The van der Waals surface area contributed by atoms with E-state index in [1.54, 1.807) is 18.2 Å². The number of aliphatic carboxylic acids is 1. The van der Waals surface area contributed by atoms with Crippen LogP contribution in [-0.4, -0.2) is 23.6 Å².